The first kappa shape index (κ1) is 12.8. The topological polar surface area (TPSA) is 81.8 Å². The lowest BCUT2D eigenvalue weighted by Gasteiger charge is -2.23. The van der Waals surface area contributed by atoms with Crippen LogP contribution in [0.5, 0.6) is 5.75 Å². The van der Waals surface area contributed by atoms with Crippen LogP contribution >= 0.6 is 0 Å². The zero-order valence-electron chi connectivity index (χ0n) is 9.87. The Morgan fingerprint density at radius 1 is 1.56 bits per heavy atom. The third-order valence-electron chi connectivity index (χ3n) is 2.81. The third kappa shape index (κ3) is 2.96. The minimum atomic E-state index is -0.502. The zero-order chi connectivity index (χ0) is 13.0. The molecule has 2 rings (SSSR count). The number of aliphatic hydroxyl groups is 1. The lowest BCUT2D eigenvalue weighted by atomic mass is 10.1. The minimum absolute atomic E-state index is 0.118. The normalized spacial score (nSPS) is 19.5. The summed E-state index contributed by atoms with van der Waals surface area (Å²) < 4.78 is 10.9. The van der Waals surface area contributed by atoms with Crippen molar-refractivity contribution in [3.63, 3.8) is 0 Å². The average molecular weight is 253 g/mol. The van der Waals surface area contributed by atoms with Gasteiger partial charge in [0, 0.05) is 12.7 Å². The van der Waals surface area contributed by atoms with E-state index in [4.69, 9.17) is 14.6 Å². The SMILES string of the molecule is O=[N+]([O-])c1cc(CO)ccc1OC1CCCOC1. The molecule has 0 aliphatic carbocycles. The minimum Gasteiger partial charge on any atom is -0.481 e. The standard InChI is InChI=1S/C12H15NO5/c14-7-9-3-4-12(11(6-9)13(15)16)18-10-2-1-5-17-8-10/h3-4,6,10,14H,1-2,5,7-8H2. The first-order chi connectivity index (χ1) is 8.70. The van der Waals surface area contributed by atoms with E-state index in [9.17, 15) is 10.1 Å². The van der Waals surface area contributed by atoms with Crippen LogP contribution in [0, 0.1) is 10.1 Å². The Morgan fingerprint density at radius 2 is 2.39 bits per heavy atom. The van der Waals surface area contributed by atoms with Crippen LogP contribution in [0.4, 0.5) is 5.69 Å². The van der Waals surface area contributed by atoms with Crippen molar-refractivity contribution in [1.82, 2.24) is 0 Å². The van der Waals surface area contributed by atoms with Gasteiger partial charge in [0.2, 0.25) is 0 Å². The van der Waals surface area contributed by atoms with Gasteiger partial charge in [-0.25, -0.2) is 0 Å². The predicted molar refractivity (Wildman–Crippen MR) is 63.5 cm³/mol. The largest absolute Gasteiger partial charge is 0.481 e. The smallest absolute Gasteiger partial charge is 0.311 e. The summed E-state index contributed by atoms with van der Waals surface area (Å²) in [5, 5.41) is 19.9. The first-order valence-electron chi connectivity index (χ1n) is 5.83. The summed E-state index contributed by atoms with van der Waals surface area (Å²) in [5.41, 5.74) is 0.376. The highest BCUT2D eigenvalue weighted by molar-refractivity contribution is 5.48. The van der Waals surface area contributed by atoms with Crippen molar-refractivity contribution in [2.24, 2.45) is 0 Å². The number of nitro groups is 1. The molecule has 1 fully saturated rings. The van der Waals surface area contributed by atoms with Crippen LogP contribution in [0.25, 0.3) is 0 Å². The Kier molecular flexibility index (Phi) is 4.11. The molecular weight excluding hydrogens is 238 g/mol. The number of nitro benzene ring substituents is 1. The van der Waals surface area contributed by atoms with E-state index in [2.05, 4.69) is 0 Å². The lowest BCUT2D eigenvalue weighted by molar-refractivity contribution is -0.386. The number of nitrogens with zero attached hydrogens (tertiary/aromatic N) is 1. The molecule has 0 saturated carbocycles. The highest BCUT2D eigenvalue weighted by Crippen LogP contribution is 2.30. The maximum atomic E-state index is 10.9. The number of hydrogen-bond acceptors (Lipinski definition) is 5. The van der Waals surface area contributed by atoms with Crippen LogP contribution in [0.2, 0.25) is 0 Å². The Morgan fingerprint density at radius 3 is 3.00 bits per heavy atom. The summed E-state index contributed by atoms with van der Waals surface area (Å²) in [7, 11) is 0. The van der Waals surface area contributed by atoms with Crippen molar-refractivity contribution in [3.8, 4) is 5.75 Å². The molecular formula is C12H15NO5. The van der Waals surface area contributed by atoms with Crippen LogP contribution in [-0.4, -0.2) is 29.3 Å². The van der Waals surface area contributed by atoms with Gasteiger partial charge in [0.1, 0.15) is 6.10 Å². The number of aliphatic hydroxyl groups excluding tert-OH is 1. The molecule has 18 heavy (non-hydrogen) atoms. The molecule has 0 aromatic heterocycles. The molecule has 6 nitrogen and oxygen atoms in total. The van der Waals surface area contributed by atoms with Gasteiger partial charge in [-0.2, -0.15) is 0 Å². The zero-order valence-corrected chi connectivity index (χ0v) is 9.87. The molecule has 98 valence electrons. The molecule has 1 saturated heterocycles. The van der Waals surface area contributed by atoms with Gasteiger partial charge in [0.15, 0.2) is 5.75 Å². The Hall–Kier alpha value is -1.66. The maximum Gasteiger partial charge on any atom is 0.311 e. The number of benzene rings is 1. The summed E-state index contributed by atoms with van der Waals surface area (Å²) >= 11 is 0. The highest BCUT2D eigenvalue weighted by atomic mass is 16.6. The van der Waals surface area contributed by atoms with Gasteiger partial charge in [-0.3, -0.25) is 10.1 Å². The van der Waals surface area contributed by atoms with E-state index in [0.717, 1.165) is 12.8 Å². The fourth-order valence-electron chi connectivity index (χ4n) is 1.89. The molecule has 1 aliphatic rings. The summed E-state index contributed by atoms with van der Waals surface area (Å²) in [4.78, 5) is 10.4. The molecule has 0 amide bonds. The lowest BCUT2D eigenvalue weighted by Crippen LogP contribution is -2.28. The second-order valence-electron chi connectivity index (χ2n) is 4.17. The van der Waals surface area contributed by atoms with Gasteiger partial charge >= 0.3 is 5.69 Å². The monoisotopic (exact) mass is 253 g/mol. The van der Waals surface area contributed by atoms with Crippen molar-refractivity contribution < 1.29 is 19.5 Å². The molecule has 6 heteroatoms. The Bertz CT molecular complexity index is 428. The number of ether oxygens (including phenoxy) is 2. The molecule has 1 aliphatic heterocycles. The van der Waals surface area contributed by atoms with Crippen molar-refractivity contribution in [2.45, 2.75) is 25.6 Å². The maximum absolute atomic E-state index is 10.9. The first-order valence-corrected chi connectivity index (χ1v) is 5.83. The second kappa shape index (κ2) is 5.79. The molecule has 1 aromatic carbocycles. The van der Waals surface area contributed by atoms with Crippen molar-refractivity contribution in [2.75, 3.05) is 13.2 Å². The molecule has 1 N–H and O–H groups in total. The molecule has 1 aromatic rings. The fraction of sp³-hybridized carbons (Fsp3) is 0.500. The summed E-state index contributed by atoms with van der Waals surface area (Å²) in [6.45, 7) is 0.942. The van der Waals surface area contributed by atoms with E-state index in [1.807, 2.05) is 0 Å². The predicted octanol–water partition coefficient (Wildman–Crippen LogP) is 1.64. The summed E-state index contributed by atoms with van der Waals surface area (Å²) in [5.74, 6) is 0.229. The van der Waals surface area contributed by atoms with Crippen LogP contribution in [0.15, 0.2) is 18.2 Å². The molecule has 0 spiro atoms. The van der Waals surface area contributed by atoms with Crippen LogP contribution in [0.1, 0.15) is 18.4 Å². The third-order valence-corrected chi connectivity index (χ3v) is 2.81. The van der Waals surface area contributed by atoms with Crippen molar-refractivity contribution >= 4 is 5.69 Å². The van der Waals surface area contributed by atoms with Gasteiger partial charge in [0.25, 0.3) is 0 Å². The summed E-state index contributed by atoms with van der Waals surface area (Å²) in [6, 6.07) is 4.48. The van der Waals surface area contributed by atoms with Crippen LogP contribution in [-0.2, 0) is 11.3 Å². The highest BCUT2D eigenvalue weighted by Gasteiger charge is 2.21. The van der Waals surface area contributed by atoms with Crippen LogP contribution < -0.4 is 4.74 Å². The molecule has 0 bridgehead atoms. The van der Waals surface area contributed by atoms with Crippen molar-refractivity contribution in [3.05, 3.63) is 33.9 Å². The fourth-order valence-corrected chi connectivity index (χ4v) is 1.89. The van der Waals surface area contributed by atoms with E-state index in [1.54, 1.807) is 6.07 Å². The van der Waals surface area contributed by atoms with Gasteiger partial charge in [0.05, 0.1) is 18.1 Å². The van der Waals surface area contributed by atoms with Gasteiger partial charge in [-0.05, 0) is 24.5 Å². The average Bonchev–Trinajstić information content (AvgIpc) is 2.40. The van der Waals surface area contributed by atoms with Gasteiger partial charge in [-0.15, -0.1) is 0 Å². The molecule has 1 unspecified atom stereocenters. The number of rotatable bonds is 4. The van der Waals surface area contributed by atoms with E-state index in [-0.39, 0.29) is 24.1 Å². The van der Waals surface area contributed by atoms with E-state index < -0.39 is 4.92 Å². The Balaban J connectivity index is 2.17. The van der Waals surface area contributed by atoms with Crippen LogP contribution in [0.3, 0.4) is 0 Å². The molecule has 1 atom stereocenters. The van der Waals surface area contributed by atoms with E-state index >= 15 is 0 Å². The quantitative estimate of drug-likeness (QED) is 0.651. The number of hydrogen-bond donors (Lipinski definition) is 1. The van der Waals surface area contributed by atoms with Gasteiger partial charge in [-0.1, -0.05) is 6.07 Å². The van der Waals surface area contributed by atoms with E-state index in [1.165, 1.54) is 12.1 Å². The molecule has 0 radical (unpaired) electrons. The second-order valence-corrected chi connectivity index (χ2v) is 4.17. The Labute approximate surface area is 104 Å². The van der Waals surface area contributed by atoms with E-state index in [0.29, 0.717) is 18.8 Å². The summed E-state index contributed by atoms with van der Waals surface area (Å²) in [6.07, 6.45) is 1.59. The molecule has 1 heterocycles. The van der Waals surface area contributed by atoms with Crippen molar-refractivity contribution in [1.29, 1.82) is 0 Å². The van der Waals surface area contributed by atoms with Gasteiger partial charge < -0.3 is 14.6 Å².